The van der Waals surface area contributed by atoms with E-state index >= 15 is 0 Å². The number of likely N-dealkylation sites (tertiary alicyclic amines) is 1. The molecule has 1 saturated heterocycles. The quantitative estimate of drug-likeness (QED) is 0.826. The number of pyridine rings is 1. The zero-order valence-corrected chi connectivity index (χ0v) is 16.2. The number of nitrogens with one attached hydrogen (secondary N) is 1. The van der Waals surface area contributed by atoms with Crippen LogP contribution in [0.1, 0.15) is 44.6 Å². The van der Waals surface area contributed by atoms with Gasteiger partial charge in [0, 0.05) is 43.5 Å². The molecule has 1 aromatic rings. The molecule has 146 valence electrons. The Kier molecular flexibility index (Phi) is 4.76. The maximum atomic E-state index is 12.7. The van der Waals surface area contributed by atoms with E-state index in [1.54, 1.807) is 11.1 Å². The number of carbonyl (C=O) groups is 2. The molecule has 1 atom stereocenters. The molecule has 1 spiro atoms. The Morgan fingerprint density at radius 3 is 2.85 bits per heavy atom. The van der Waals surface area contributed by atoms with Crippen molar-refractivity contribution < 1.29 is 14.7 Å². The highest BCUT2D eigenvalue weighted by Gasteiger charge is 2.50. The van der Waals surface area contributed by atoms with E-state index in [4.69, 9.17) is 11.6 Å². The number of carbonyl (C=O) groups excluding carboxylic acids is 1. The number of hydrogen-bond donors (Lipinski definition) is 2. The van der Waals surface area contributed by atoms with E-state index in [2.05, 4.69) is 15.2 Å². The van der Waals surface area contributed by atoms with Crippen LogP contribution in [0.4, 0.5) is 10.6 Å². The molecule has 4 rings (SSSR count). The summed E-state index contributed by atoms with van der Waals surface area (Å²) in [6.07, 6.45) is 5.00. The second kappa shape index (κ2) is 6.95. The van der Waals surface area contributed by atoms with Crippen LogP contribution in [0.25, 0.3) is 0 Å². The predicted octanol–water partition coefficient (Wildman–Crippen LogP) is 2.94. The van der Waals surface area contributed by atoms with Crippen LogP contribution in [-0.4, -0.2) is 63.6 Å². The molecule has 0 aromatic carbocycles. The van der Waals surface area contributed by atoms with Gasteiger partial charge in [-0.25, -0.2) is 9.78 Å². The first-order chi connectivity index (χ1) is 12.9. The minimum Gasteiger partial charge on any atom is -0.465 e. The first kappa shape index (κ1) is 18.5. The zero-order valence-electron chi connectivity index (χ0n) is 15.4. The number of rotatable bonds is 3. The molecule has 3 heterocycles. The maximum Gasteiger partial charge on any atom is 0.407 e. The first-order valence-corrected chi connectivity index (χ1v) is 10.0. The zero-order chi connectivity index (χ0) is 19.2. The third kappa shape index (κ3) is 3.06. The average Bonchev–Trinajstić information content (AvgIpc) is 3.21. The normalized spacial score (nSPS) is 30.4. The third-order valence-electron chi connectivity index (χ3n) is 6.58. The summed E-state index contributed by atoms with van der Waals surface area (Å²) < 4.78 is 0. The molecule has 2 N–H and O–H groups in total. The molecule has 7 nitrogen and oxygen atoms in total. The largest absolute Gasteiger partial charge is 0.465 e. The topological polar surface area (TPSA) is 85.8 Å². The van der Waals surface area contributed by atoms with Gasteiger partial charge in [-0.2, -0.15) is 0 Å². The highest BCUT2D eigenvalue weighted by atomic mass is 35.5. The average molecular weight is 393 g/mol. The lowest BCUT2D eigenvalue weighted by atomic mass is 9.69. The highest BCUT2D eigenvalue weighted by Crippen LogP contribution is 2.48. The summed E-state index contributed by atoms with van der Waals surface area (Å²) in [6, 6.07) is 2.35. The van der Waals surface area contributed by atoms with Gasteiger partial charge >= 0.3 is 6.09 Å². The van der Waals surface area contributed by atoms with Crippen molar-refractivity contribution in [3.8, 4) is 0 Å². The predicted molar refractivity (Wildman–Crippen MR) is 102 cm³/mol. The van der Waals surface area contributed by atoms with Crippen LogP contribution in [0, 0.1) is 0 Å². The van der Waals surface area contributed by atoms with Crippen molar-refractivity contribution in [2.24, 2.45) is 0 Å². The summed E-state index contributed by atoms with van der Waals surface area (Å²) in [5.41, 5.74) is 0.417. The molecular weight excluding hydrogens is 368 g/mol. The van der Waals surface area contributed by atoms with Gasteiger partial charge in [0.15, 0.2) is 0 Å². The Morgan fingerprint density at radius 1 is 1.44 bits per heavy atom. The Hall–Kier alpha value is -1.86. The molecule has 0 radical (unpaired) electrons. The number of fused-ring (bicyclic) bond motifs is 2. The third-order valence-corrected chi connectivity index (χ3v) is 6.79. The van der Waals surface area contributed by atoms with E-state index in [9.17, 15) is 14.7 Å². The van der Waals surface area contributed by atoms with Crippen LogP contribution in [0.2, 0.25) is 5.02 Å². The number of halogens is 1. The van der Waals surface area contributed by atoms with Gasteiger partial charge in [-0.1, -0.05) is 11.6 Å². The molecule has 0 unspecified atom stereocenters. The van der Waals surface area contributed by atoms with E-state index in [-0.39, 0.29) is 11.9 Å². The molecule has 8 heteroatoms. The van der Waals surface area contributed by atoms with Crippen molar-refractivity contribution in [2.75, 3.05) is 25.0 Å². The van der Waals surface area contributed by atoms with Gasteiger partial charge < -0.3 is 15.3 Å². The number of anilines is 1. The smallest absolute Gasteiger partial charge is 0.407 e. The van der Waals surface area contributed by atoms with Crippen molar-refractivity contribution in [2.45, 2.75) is 56.5 Å². The molecule has 27 heavy (non-hydrogen) atoms. The van der Waals surface area contributed by atoms with Gasteiger partial charge in [0.05, 0.1) is 10.4 Å². The van der Waals surface area contributed by atoms with Gasteiger partial charge in [-0.05, 0) is 45.1 Å². The second-order valence-electron chi connectivity index (χ2n) is 7.82. The molecule has 1 aliphatic carbocycles. The molecule has 2 amide bonds. The number of nitrogens with zero attached hydrogens (tertiary/aromatic N) is 3. The Balaban J connectivity index is 1.44. The number of hydrogen-bond acceptors (Lipinski definition) is 4. The van der Waals surface area contributed by atoms with Crippen LogP contribution in [0.5, 0.6) is 0 Å². The summed E-state index contributed by atoms with van der Waals surface area (Å²) in [5, 5.41) is 12.8. The second-order valence-corrected chi connectivity index (χ2v) is 8.26. The minimum atomic E-state index is -0.837. The number of likely N-dealkylation sites (N-methyl/N-ethyl adjacent to an activating group) is 1. The highest BCUT2D eigenvalue weighted by molar-refractivity contribution is 6.30. The van der Waals surface area contributed by atoms with Crippen LogP contribution < -0.4 is 5.32 Å². The lowest BCUT2D eigenvalue weighted by Crippen LogP contribution is -2.46. The fourth-order valence-corrected chi connectivity index (χ4v) is 5.27. The van der Waals surface area contributed by atoms with Gasteiger partial charge in [-0.3, -0.25) is 9.69 Å². The van der Waals surface area contributed by atoms with Crippen LogP contribution >= 0.6 is 11.6 Å². The molecule has 2 fully saturated rings. The standard InChI is InChI=1S/C19H25ClN4O3/c1-2-24(18(26)27)14-5-8-23(11-14)13-3-6-19(7-4-13)15-9-12(20)10-21-16(15)22-17(19)25/h9-10,13-14H,2-8,11H2,1H3,(H,26,27)(H,21,22,25)/t13?,14-,19?/m0/s1. The Labute approximate surface area is 163 Å². The Bertz CT molecular complexity index is 763. The van der Waals surface area contributed by atoms with Crippen molar-refractivity contribution in [1.29, 1.82) is 0 Å². The van der Waals surface area contributed by atoms with E-state index in [1.165, 1.54) is 0 Å². The van der Waals surface area contributed by atoms with E-state index < -0.39 is 11.5 Å². The lowest BCUT2D eigenvalue weighted by molar-refractivity contribution is -0.122. The molecule has 0 bridgehead atoms. The fraction of sp³-hybridized carbons (Fsp3) is 0.632. The SMILES string of the molecule is CCN(C(=O)O)[C@H]1CCN(C2CCC3(CC2)C(=O)Nc2ncc(Cl)cc23)C1. The van der Waals surface area contributed by atoms with Crippen molar-refractivity contribution in [3.05, 3.63) is 22.8 Å². The van der Waals surface area contributed by atoms with E-state index in [0.717, 1.165) is 50.8 Å². The fourth-order valence-electron chi connectivity index (χ4n) is 5.11. The molecular formula is C19H25ClN4O3. The summed E-state index contributed by atoms with van der Waals surface area (Å²) in [7, 11) is 0. The summed E-state index contributed by atoms with van der Waals surface area (Å²) in [5.74, 6) is 0.678. The van der Waals surface area contributed by atoms with Gasteiger partial charge in [0.25, 0.3) is 0 Å². The Morgan fingerprint density at radius 2 is 2.19 bits per heavy atom. The molecule has 2 aliphatic heterocycles. The van der Waals surface area contributed by atoms with E-state index in [0.29, 0.717) is 23.4 Å². The molecule has 3 aliphatic rings. The summed E-state index contributed by atoms with van der Waals surface area (Å²) in [4.78, 5) is 32.3. The molecule has 1 saturated carbocycles. The van der Waals surface area contributed by atoms with Crippen molar-refractivity contribution >= 4 is 29.4 Å². The molecule has 1 aromatic heterocycles. The minimum absolute atomic E-state index is 0.0352. The number of carboxylic acid groups (broad SMARTS) is 1. The van der Waals surface area contributed by atoms with Crippen molar-refractivity contribution in [3.63, 3.8) is 0 Å². The first-order valence-electron chi connectivity index (χ1n) is 9.65. The van der Waals surface area contributed by atoms with Gasteiger partial charge in [0.1, 0.15) is 5.82 Å². The van der Waals surface area contributed by atoms with Crippen LogP contribution in [-0.2, 0) is 10.2 Å². The van der Waals surface area contributed by atoms with Crippen LogP contribution in [0.15, 0.2) is 12.3 Å². The monoisotopic (exact) mass is 392 g/mol. The number of aromatic nitrogens is 1. The van der Waals surface area contributed by atoms with Gasteiger partial charge in [-0.15, -0.1) is 0 Å². The summed E-state index contributed by atoms with van der Waals surface area (Å²) >= 11 is 6.13. The van der Waals surface area contributed by atoms with Crippen molar-refractivity contribution in [1.82, 2.24) is 14.8 Å². The maximum absolute atomic E-state index is 12.7. The van der Waals surface area contributed by atoms with E-state index in [1.807, 2.05) is 13.0 Å². The van der Waals surface area contributed by atoms with Gasteiger partial charge in [0.2, 0.25) is 5.91 Å². The number of amides is 2. The summed E-state index contributed by atoms with van der Waals surface area (Å²) in [6.45, 7) is 4.11. The van der Waals surface area contributed by atoms with Crippen LogP contribution in [0.3, 0.4) is 0 Å². The lowest BCUT2D eigenvalue weighted by Gasteiger charge is -2.39.